The van der Waals surface area contributed by atoms with E-state index in [0.29, 0.717) is 22.3 Å². The Morgan fingerprint density at radius 3 is 2.62 bits per heavy atom. The number of rotatable bonds is 1. The van der Waals surface area contributed by atoms with Crippen LogP contribution in [-0.4, -0.2) is 6.54 Å². The fourth-order valence-corrected chi connectivity index (χ4v) is 2.45. The Labute approximate surface area is 111 Å². The van der Waals surface area contributed by atoms with Crippen molar-refractivity contribution in [2.24, 2.45) is 5.73 Å². The van der Waals surface area contributed by atoms with Gasteiger partial charge >= 0.3 is 0 Å². The van der Waals surface area contributed by atoms with Gasteiger partial charge in [-0.05, 0) is 35.6 Å². The van der Waals surface area contributed by atoms with E-state index >= 15 is 0 Å². The molecule has 0 amide bonds. The molecule has 4 N–H and O–H groups in total. The number of fused-ring (bicyclic) bond motifs is 1. The Morgan fingerprint density at radius 1 is 1.31 bits per heavy atom. The highest BCUT2D eigenvalue weighted by atomic mass is 35.5. The number of allylic oxidation sites excluding steroid dienone is 1. The highest BCUT2D eigenvalue weighted by Crippen LogP contribution is 2.38. The van der Waals surface area contributed by atoms with Crippen molar-refractivity contribution in [2.75, 3.05) is 12.3 Å². The third-order valence-electron chi connectivity index (χ3n) is 2.71. The second kappa shape index (κ2) is 5.28. The predicted molar refractivity (Wildman–Crippen MR) is 73.5 cm³/mol. The molecule has 1 aromatic carbocycles. The maximum absolute atomic E-state index is 6.16. The van der Waals surface area contributed by atoms with E-state index in [1.54, 1.807) is 0 Å². The van der Waals surface area contributed by atoms with Crippen LogP contribution < -0.4 is 11.5 Å². The number of hydrogen-bond acceptors (Lipinski definition) is 2. The maximum atomic E-state index is 6.16. The first-order valence-electron chi connectivity index (χ1n) is 4.81. The Bertz CT molecular complexity index is 441. The largest absolute Gasteiger partial charge is 0.396 e. The number of halogens is 3. The molecule has 0 spiro atoms. The molecule has 2 rings (SSSR count). The molecular weight excluding hydrogens is 266 g/mol. The SMILES string of the molecule is Cl.NCC1=CCCc2c1cc(Cl)c(N)c2Cl. The Kier molecular flexibility index (Phi) is 4.51. The summed E-state index contributed by atoms with van der Waals surface area (Å²) in [4.78, 5) is 0. The lowest BCUT2D eigenvalue weighted by atomic mass is 9.90. The van der Waals surface area contributed by atoms with Gasteiger partial charge in [0.05, 0.1) is 15.7 Å². The lowest BCUT2D eigenvalue weighted by molar-refractivity contribution is 0.968. The number of nitrogens with two attached hydrogens (primary N) is 2. The third kappa shape index (κ3) is 2.16. The third-order valence-corrected chi connectivity index (χ3v) is 3.45. The molecule has 88 valence electrons. The predicted octanol–water partition coefficient (Wildman–Crippen LogP) is 3.29. The zero-order valence-electron chi connectivity index (χ0n) is 8.59. The fourth-order valence-electron chi connectivity index (χ4n) is 1.90. The smallest absolute Gasteiger partial charge is 0.0696 e. The van der Waals surface area contributed by atoms with E-state index in [0.717, 1.165) is 29.5 Å². The molecule has 0 saturated carbocycles. The van der Waals surface area contributed by atoms with Crippen LogP contribution in [0.2, 0.25) is 10.0 Å². The van der Waals surface area contributed by atoms with Crippen molar-refractivity contribution in [3.8, 4) is 0 Å². The summed E-state index contributed by atoms with van der Waals surface area (Å²) in [6.45, 7) is 0.504. The van der Waals surface area contributed by atoms with Crippen LogP contribution in [0, 0.1) is 0 Å². The lowest BCUT2D eigenvalue weighted by Gasteiger charge is -2.19. The Morgan fingerprint density at radius 2 is 2.00 bits per heavy atom. The fraction of sp³-hybridized carbons (Fsp3) is 0.273. The molecule has 0 radical (unpaired) electrons. The molecule has 0 heterocycles. The van der Waals surface area contributed by atoms with E-state index in [4.69, 9.17) is 34.7 Å². The molecule has 0 unspecified atom stereocenters. The highest BCUT2D eigenvalue weighted by molar-refractivity contribution is 6.39. The standard InChI is InChI=1S/C11H12Cl2N2.ClH/c12-9-4-8-6(5-14)2-1-3-7(8)10(13)11(9)15;/h2,4H,1,3,5,14-15H2;1H. The van der Waals surface area contributed by atoms with E-state index in [-0.39, 0.29) is 12.4 Å². The minimum Gasteiger partial charge on any atom is -0.396 e. The zero-order valence-corrected chi connectivity index (χ0v) is 10.9. The monoisotopic (exact) mass is 278 g/mol. The molecule has 1 aliphatic carbocycles. The lowest BCUT2D eigenvalue weighted by Crippen LogP contribution is -2.10. The average molecular weight is 280 g/mol. The molecule has 0 bridgehead atoms. The summed E-state index contributed by atoms with van der Waals surface area (Å²) in [5.74, 6) is 0. The molecule has 16 heavy (non-hydrogen) atoms. The van der Waals surface area contributed by atoms with Crippen LogP contribution in [0.3, 0.4) is 0 Å². The van der Waals surface area contributed by atoms with Gasteiger partial charge in [0.15, 0.2) is 0 Å². The van der Waals surface area contributed by atoms with Gasteiger partial charge in [-0.3, -0.25) is 0 Å². The van der Waals surface area contributed by atoms with Gasteiger partial charge in [0.2, 0.25) is 0 Å². The van der Waals surface area contributed by atoms with Crippen molar-refractivity contribution in [3.63, 3.8) is 0 Å². The van der Waals surface area contributed by atoms with Crippen LogP contribution in [0.25, 0.3) is 5.57 Å². The van der Waals surface area contributed by atoms with Gasteiger partial charge in [-0.15, -0.1) is 12.4 Å². The normalized spacial score (nSPS) is 13.8. The van der Waals surface area contributed by atoms with Crippen molar-refractivity contribution in [1.82, 2.24) is 0 Å². The van der Waals surface area contributed by atoms with Crippen molar-refractivity contribution in [1.29, 1.82) is 0 Å². The molecule has 1 aromatic rings. The van der Waals surface area contributed by atoms with E-state index < -0.39 is 0 Å². The number of hydrogen-bond donors (Lipinski definition) is 2. The van der Waals surface area contributed by atoms with Crippen LogP contribution in [0.5, 0.6) is 0 Å². The minimum absolute atomic E-state index is 0. The summed E-state index contributed by atoms with van der Waals surface area (Å²) in [5.41, 5.74) is 15.1. The van der Waals surface area contributed by atoms with E-state index in [9.17, 15) is 0 Å². The van der Waals surface area contributed by atoms with Crippen molar-refractivity contribution >= 4 is 46.9 Å². The topological polar surface area (TPSA) is 52.0 Å². The van der Waals surface area contributed by atoms with Crippen molar-refractivity contribution < 1.29 is 0 Å². The summed E-state index contributed by atoms with van der Waals surface area (Å²) in [6, 6.07) is 1.86. The van der Waals surface area contributed by atoms with Crippen LogP contribution >= 0.6 is 35.6 Å². The first-order chi connectivity index (χ1) is 7.15. The Balaban J connectivity index is 0.00000128. The van der Waals surface area contributed by atoms with E-state index in [1.807, 2.05) is 6.07 Å². The van der Waals surface area contributed by atoms with Crippen LogP contribution in [0.4, 0.5) is 5.69 Å². The molecular formula is C11H13Cl3N2. The molecule has 0 aromatic heterocycles. The van der Waals surface area contributed by atoms with Gasteiger partial charge in [-0.2, -0.15) is 0 Å². The zero-order chi connectivity index (χ0) is 11.0. The van der Waals surface area contributed by atoms with Gasteiger partial charge in [0, 0.05) is 6.54 Å². The average Bonchev–Trinajstić information content (AvgIpc) is 2.25. The van der Waals surface area contributed by atoms with Gasteiger partial charge in [0.1, 0.15) is 0 Å². The van der Waals surface area contributed by atoms with Gasteiger partial charge in [-0.1, -0.05) is 29.3 Å². The quantitative estimate of drug-likeness (QED) is 0.775. The second-order valence-corrected chi connectivity index (χ2v) is 4.37. The van der Waals surface area contributed by atoms with Gasteiger partial charge in [0.25, 0.3) is 0 Å². The van der Waals surface area contributed by atoms with E-state index in [1.165, 1.54) is 0 Å². The first-order valence-corrected chi connectivity index (χ1v) is 5.56. The number of benzene rings is 1. The number of nitrogen functional groups attached to an aromatic ring is 1. The van der Waals surface area contributed by atoms with Crippen LogP contribution in [0.15, 0.2) is 12.1 Å². The van der Waals surface area contributed by atoms with E-state index in [2.05, 4.69) is 6.08 Å². The molecule has 0 fully saturated rings. The van der Waals surface area contributed by atoms with Crippen LogP contribution in [0.1, 0.15) is 17.5 Å². The van der Waals surface area contributed by atoms with Crippen molar-refractivity contribution in [3.05, 3.63) is 33.3 Å². The summed E-state index contributed by atoms with van der Waals surface area (Å²) in [5, 5.41) is 1.08. The molecule has 0 aliphatic heterocycles. The second-order valence-electron chi connectivity index (χ2n) is 3.58. The summed E-state index contributed by atoms with van der Waals surface area (Å²) in [6.07, 6.45) is 3.99. The minimum atomic E-state index is 0. The maximum Gasteiger partial charge on any atom is 0.0696 e. The van der Waals surface area contributed by atoms with Crippen LogP contribution in [-0.2, 0) is 6.42 Å². The van der Waals surface area contributed by atoms with Crippen molar-refractivity contribution in [2.45, 2.75) is 12.8 Å². The first kappa shape index (κ1) is 13.7. The summed E-state index contributed by atoms with van der Waals surface area (Å²) < 4.78 is 0. The molecule has 0 atom stereocenters. The van der Waals surface area contributed by atoms with Gasteiger partial charge in [-0.25, -0.2) is 0 Å². The molecule has 1 aliphatic rings. The summed E-state index contributed by atoms with van der Waals surface area (Å²) >= 11 is 12.2. The molecule has 0 saturated heterocycles. The molecule has 5 heteroatoms. The molecule has 2 nitrogen and oxygen atoms in total. The van der Waals surface area contributed by atoms with Gasteiger partial charge < -0.3 is 11.5 Å². The number of anilines is 1. The Hall–Kier alpha value is -0.410. The summed E-state index contributed by atoms with van der Waals surface area (Å²) in [7, 11) is 0. The highest BCUT2D eigenvalue weighted by Gasteiger charge is 2.18.